The molecule has 2 saturated heterocycles. The van der Waals surface area contributed by atoms with E-state index in [-0.39, 0.29) is 24.2 Å². The summed E-state index contributed by atoms with van der Waals surface area (Å²) in [5, 5.41) is 23.4. The first-order valence-electron chi connectivity index (χ1n) is 13.1. The van der Waals surface area contributed by atoms with Crippen LogP contribution in [0.1, 0.15) is 53.4 Å². The molecule has 12 nitrogen and oxygen atoms in total. The van der Waals surface area contributed by atoms with Crippen LogP contribution in [0.2, 0.25) is 5.02 Å². The summed E-state index contributed by atoms with van der Waals surface area (Å²) >= 11 is 7.96. The molecule has 2 aromatic rings. The zero-order chi connectivity index (χ0) is 29.3. The average molecular weight is 594 g/mol. The Kier molecular flexibility index (Phi) is 8.57. The van der Waals surface area contributed by atoms with Crippen LogP contribution in [-0.2, 0) is 9.53 Å². The van der Waals surface area contributed by atoms with Crippen LogP contribution in [0.5, 0.6) is 0 Å². The van der Waals surface area contributed by atoms with Gasteiger partial charge in [0.1, 0.15) is 22.3 Å². The molecule has 0 atom stereocenters. The van der Waals surface area contributed by atoms with Crippen molar-refractivity contribution in [3.05, 3.63) is 23.5 Å². The molecule has 0 bridgehead atoms. The highest BCUT2D eigenvalue weighted by Gasteiger charge is 2.40. The normalized spacial score (nSPS) is 18.8. The zero-order valence-electron chi connectivity index (χ0n) is 23.1. The summed E-state index contributed by atoms with van der Waals surface area (Å²) in [7, 11) is 0. The van der Waals surface area contributed by atoms with Crippen molar-refractivity contribution in [3.63, 3.8) is 0 Å². The predicted octanol–water partition coefficient (Wildman–Crippen LogP) is 3.56. The maximum Gasteiger partial charge on any atom is 0.408 e. The van der Waals surface area contributed by atoms with Crippen LogP contribution in [0.25, 0.3) is 0 Å². The average Bonchev–Trinajstić information content (AvgIpc) is 2.86. The molecule has 0 spiro atoms. The number of nitrogens with one attached hydrogen (secondary N) is 1. The zero-order valence-corrected chi connectivity index (χ0v) is 24.7. The van der Waals surface area contributed by atoms with Gasteiger partial charge in [-0.25, -0.2) is 24.5 Å². The highest BCUT2D eigenvalue weighted by Crippen LogP contribution is 2.40. The number of carboxylic acid groups (broad SMARTS) is 1. The molecule has 2 fully saturated rings. The summed E-state index contributed by atoms with van der Waals surface area (Å²) in [5.74, 6) is 0.214. The number of carbonyl (C=O) groups is 2. The van der Waals surface area contributed by atoms with Crippen molar-refractivity contribution in [2.75, 3.05) is 41.7 Å². The monoisotopic (exact) mass is 593 g/mol. The lowest BCUT2D eigenvalue weighted by Gasteiger charge is -2.40. The first-order chi connectivity index (χ1) is 18.7. The Balaban J connectivity index is 1.39. The van der Waals surface area contributed by atoms with Gasteiger partial charge in [-0.3, -0.25) is 0 Å². The summed E-state index contributed by atoms with van der Waals surface area (Å²) in [6, 6.07) is 1.76. The van der Waals surface area contributed by atoms with E-state index in [9.17, 15) is 19.8 Å². The molecule has 218 valence electrons. The fourth-order valence-electron chi connectivity index (χ4n) is 4.64. The predicted molar refractivity (Wildman–Crippen MR) is 153 cm³/mol. The second kappa shape index (κ2) is 11.5. The van der Waals surface area contributed by atoms with Crippen LogP contribution >= 0.6 is 23.4 Å². The summed E-state index contributed by atoms with van der Waals surface area (Å²) in [4.78, 5) is 41.8. The summed E-state index contributed by atoms with van der Waals surface area (Å²) in [6.45, 7) is 9.47. The highest BCUT2D eigenvalue weighted by atomic mass is 35.5. The Bertz CT molecular complexity index is 1260. The van der Waals surface area contributed by atoms with Gasteiger partial charge in [0.25, 0.3) is 0 Å². The number of halogens is 1. The number of aliphatic carboxylic acids is 1. The number of hydrogen-bond donors (Lipinski definition) is 4. The van der Waals surface area contributed by atoms with Crippen LogP contribution < -0.4 is 20.9 Å². The van der Waals surface area contributed by atoms with Crippen LogP contribution in [0.3, 0.4) is 0 Å². The molecule has 4 rings (SSSR count). The third-order valence-corrected chi connectivity index (χ3v) is 8.63. The second-order valence-corrected chi connectivity index (χ2v) is 12.9. The molecule has 5 N–H and O–H groups in total. The van der Waals surface area contributed by atoms with Crippen molar-refractivity contribution in [2.45, 2.75) is 80.0 Å². The lowest BCUT2D eigenvalue weighted by molar-refractivity contribution is -0.160. The Hall–Kier alpha value is -3.03. The molecule has 1 amide bonds. The minimum absolute atomic E-state index is 0.0737. The van der Waals surface area contributed by atoms with Gasteiger partial charge in [0.15, 0.2) is 11.4 Å². The third kappa shape index (κ3) is 6.99. The molecule has 2 aliphatic rings. The molecule has 2 aromatic heterocycles. The number of carbonyl (C=O) groups excluding carboxylic acids is 1. The molecule has 0 aromatic carbocycles. The van der Waals surface area contributed by atoms with Gasteiger partial charge in [-0.1, -0.05) is 23.4 Å². The molecule has 40 heavy (non-hydrogen) atoms. The number of rotatable bonds is 6. The maximum absolute atomic E-state index is 12.3. The van der Waals surface area contributed by atoms with Crippen molar-refractivity contribution >= 4 is 52.9 Å². The van der Waals surface area contributed by atoms with E-state index in [2.05, 4.69) is 25.2 Å². The molecular formula is C26H36ClN7O5S. The Morgan fingerprint density at radius 2 is 1.75 bits per heavy atom. The van der Waals surface area contributed by atoms with Gasteiger partial charge in [0, 0.05) is 55.7 Å². The molecule has 0 radical (unpaired) electrons. The van der Waals surface area contributed by atoms with E-state index in [1.807, 2.05) is 32.6 Å². The van der Waals surface area contributed by atoms with Crippen molar-refractivity contribution in [3.8, 4) is 0 Å². The van der Waals surface area contributed by atoms with Gasteiger partial charge in [0.05, 0.1) is 11.2 Å². The molecule has 4 heterocycles. The summed E-state index contributed by atoms with van der Waals surface area (Å²) in [6.07, 6.45) is 4.44. The van der Waals surface area contributed by atoms with E-state index in [0.717, 1.165) is 0 Å². The highest BCUT2D eigenvalue weighted by molar-refractivity contribution is 7.99. The third-order valence-electron chi connectivity index (χ3n) is 7.08. The lowest BCUT2D eigenvalue weighted by atomic mass is 9.90. The first-order valence-corrected chi connectivity index (χ1v) is 14.3. The number of nitrogens with zero attached hydrogens (tertiary/aromatic N) is 5. The topological polar surface area (TPSA) is 167 Å². The fraction of sp³-hybridized carbons (Fsp3) is 0.577. The number of aliphatic hydroxyl groups is 1. The number of ether oxygens (including phenoxy) is 1. The number of nitrogens with two attached hydrogens (primary N) is 1. The van der Waals surface area contributed by atoms with E-state index in [0.29, 0.717) is 65.6 Å². The number of nitrogen functional groups attached to an aromatic ring is 1. The van der Waals surface area contributed by atoms with Crippen LogP contribution in [-0.4, -0.2) is 80.1 Å². The molecule has 0 saturated carbocycles. The van der Waals surface area contributed by atoms with Crippen LogP contribution in [0.15, 0.2) is 28.4 Å². The standard InChI is InChI=1S/C26H36ClN7O5S/c1-24(2,3)39-23(37)32-25(4)6-11-33(12-7-25)17-15-30-21(19(28)31-17)40-16-5-10-29-20(18(16)27)34-13-8-26(38,9-14-34)22(35)36/h5,10,15,38H,6-9,11-14H2,1-4H3,(H2,28,31)(H,32,37)(H,35,36). The Morgan fingerprint density at radius 1 is 1.12 bits per heavy atom. The first kappa shape index (κ1) is 29.9. The van der Waals surface area contributed by atoms with Crippen molar-refractivity contribution in [1.29, 1.82) is 0 Å². The number of anilines is 3. The second-order valence-electron chi connectivity index (χ2n) is 11.5. The number of pyridine rings is 1. The van der Waals surface area contributed by atoms with Gasteiger partial charge < -0.3 is 35.8 Å². The van der Waals surface area contributed by atoms with Crippen LogP contribution in [0, 0.1) is 0 Å². The van der Waals surface area contributed by atoms with Gasteiger partial charge >= 0.3 is 12.1 Å². The maximum atomic E-state index is 12.3. The van der Waals surface area contributed by atoms with E-state index >= 15 is 0 Å². The number of amides is 1. The van der Waals surface area contributed by atoms with Gasteiger partial charge in [-0.15, -0.1) is 0 Å². The van der Waals surface area contributed by atoms with Crippen molar-refractivity contribution in [1.82, 2.24) is 20.3 Å². The molecule has 14 heteroatoms. The Morgan fingerprint density at radius 3 is 2.33 bits per heavy atom. The number of hydrogen-bond acceptors (Lipinski definition) is 11. The van der Waals surface area contributed by atoms with Crippen LogP contribution in [0.4, 0.5) is 22.2 Å². The minimum Gasteiger partial charge on any atom is -0.479 e. The largest absolute Gasteiger partial charge is 0.479 e. The fourth-order valence-corrected chi connectivity index (χ4v) is 5.76. The van der Waals surface area contributed by atoms with E-state index < -0.39 is 23.3 Å². The van der Waals surface area contributed by atoms with Crippen molar-refractivity contribution < 1.29 is 24.5 Å². The van der Waals surface area contributed by atoms with E-state index in [1.165, 1.54) is 11.8 Å². The molecule has 0 aliphatic carbocycles. The lowest BCUT2D eigenvalue weighted by Crippen LogP contribution is -2.54. The summed E-state index contributed by atoms with van der Waals surface area (Å²) in [5.41, 5.74) is 3.62. The minimum atomic E-state index is -1.73. The van der Waals surface area contributed by atoms with Gasteiger partial charge in [0.2, 0.25) is 0 Å². The van der Waals surface area contributed by atoms with Gasteiger partial charge in [-0.05, 0) is 46.6 Å². The van der Waals surface area contributed by atoms with E-state index in [1.54, 1.807) is 18.5 Å². The number of piperidine rings is 2. The van der Waals surface area contributed by atoms with Gasteiger partial charge in [-0.2, -0.15) is 0 Å². The molecular weight excluding hydrogens is 558 g/mol. The Labute approximate surface area is 242 Å². The number of alkyl carbamates (subject to hydrolysis) is 1. The SMILES string of the molecule is CC1(NC(=O)OC(C)(C)C)CCN(c2cnc(Sc3ccnc(N4CCC(O)(C(=O)O)CC4)c3Cl)c(N)n2)CC1. The smallest absolute Gasteiger partial charge is 0.408 e. The molecule has 0 unspecified atom stereocenters. The molecule has 2 aliphatic heterocycles. The summed E-state index contributed by atoms with van der Waals surface area (Å²) < 4.78 is 5.41. The number of carboxylic acids is 1. The number of aromatic nitrogens is 3. The van der Waals surface area contributed by atoms with E-state index in [4.69, 9.17) is 22.1 Å². The van der Waals surface area contributed by atoms with Crippen molar-refractivity contribution in [2.24, 2.45) is 0 Å². The quantitative estimate of drug-likeness (QED) is 0.385.